The Morgan fingerprint density at radius 1 is 1.09 bits per heavy atom. The van der Waals surface area contributed by atoms with Crippen LogP contribution in [0.2, 0.25) is 0 Å². The fourth-order valence-corrected chi connectivity index (χ4v) is 2.43. The quantitative estimate of drug-likeness (QED) is 0.750. The normalized spacial score (nSPS) is 10.3. The van der Waals surface area contributed by atoms with Gasteiger partial charge in [-0.2, -0.15) is 0 Å². The minimum atomic E-state index is 0.682. The number of nitrogens with one attached hydrogen (secondary N) is 2. The largest absolute Gasteiger partial charge is 0.366 e. The maximum Gasteiger partial charge on any atom is 0.136 e. The maximum absolute atomic E-state index is 4.50. The third-order valence-electron chi connectivity index (χ3n) is 3.52. The van der Waals surface area contributed by atoms with Crippen LogP contribution in [0.15, 0.2) is 36.9 Å². The molecule has 1 aromatic heterocycles. The SMILES string of the molecule is C=CCNc1cc(Nc2c(CC)cccc2CC)nc(C)n1. The van der Waals surface area contributed by atoms with Crippen molar-refractivity contribution in [2.24, 2.45) is 0 Å². The van der Waals surface area contributed by atoms with E-state index in [0.717, 1.165) is 30.3 Å². The molecule has 0 atom stereocenters. The summed E-state index contributed by atoms with van der Waals surface area (Å²) in [6.07, 6.45) is 3.79. The van der Waals surface area contributed by atoms with Gasteiger partial charge < -0.3 is 10.6 Å². The van der Waals surface area contributed by atoms with Crippen molar-refractivity contribution in [3.05, 3.63) is 53.9 Å². The van der Waals surface area contributed by atoms with Gasteiger partial charge in [0.2, 0.25) is 0 Å². The fourth-order valence-electron chi connectivity index (χ4n) is 2.43. The number of rotatable bonds is 7. The van der Waals surface area contributed by atoms with Gasteiger partial charge in [-0.25, -0.2) is 9.97 Å². The fraction of sp³-hybridized carbons (Fsp3) is 0.333. The minimum Gasteiger partial charge on any atom is -0.366 e. The second-order valence-corrected chi connectivity index (χ2v) is 5.14. The standard InChI is InChI=1S/C18H24N4/c1-5-11-19-16-12-17(21-13(4)20-16)22-18-14(6-2)9-8-10-15(18)7-3/h5,8-10,12H,1,6-7,11H2,2-4H3,(H2,19,20,21,22). The molecule has 4 heteroatoms. The monoisotopic (exact) mass is 296 g/mol. The Labute approximate surface area is 132 Å². The van der Waals surface area contributed by atoms with E-state index in [1.54, 1.807) is 0 Å². The van der Waals surface area contributed by atoms with Crippen molar-refractivity contribution in [3.63, 3.8) is 0 Å². The predicted octanol–water partition coefficient (Wildman–Crippen LogP) is 4.25. The molecule has 22 heavy (non-hydrogen) atoms. The molecule has 2 aromatic rings. The van der Waals surface area contributed by atoms with Gasteiger partial charge in [0.1, 0.15) is 17.5 Å². The van der Waals surface area contributed by atoms with Gasteiger partial charge in [0, 0.05) is 18.3 Å². The lowest BCUT2D eigenvalue weighted by molar-refractivity contribution is 1.04. The average Bonchev–Trinajstić information content (AvgIpc) is 2.52. The van der Waals surface area contributed by atoms with Gasteiger partial charge in [0.15, 0.2) is 0 Å². The summed E-state index contributed by atoms with van der Waals surface area (Å²) in [4.78, 5) is 8.89. The summed E-state index contributed by atoms with van der Waals surface area (Å²) in [6.45, 7) is 10.6. The van der Waals surface area contributed by atoms with Gasteiger partial charge in [-0.3, -0.25) is 0 Å². The van der Waals surface area contributed by atoms with Crippen molar-refractivity contribution in [1.82, 2.24) is 9.97 Å². The molecule has 0 amide bonds. The van der Waals surface area contributed by atoms with E-state index in [1.165, 1.54) is 16.8 Å². The van der Waals surface area contributed by atoms with Crippen molar-refractivity contribution >= 4 is 17.3 Å². The molecule has 0 unspecified atom stereocenters. The van der Waals surface area contributed by atoms with Gasteiger partial charge in [-0.15, -0.1) is 6.58 Å². The van der Waals surface area contributed by atoms with E-state index in [9.17, 15) is 0 Å². The third kappa shape index (κ3) is 3.85. The highest BCUT2D eigenvalue weighted by Gasteiger charge is 2.08. The number of aryl methyl sites for hydroxylation is 3. The molecule has 116 valence electrons. The van der Waals surface area contributed by atoms with Crippen LogP contribution in [-0.4, -0.2) is 16.5 Å². The molecule has 2 rings (SSSR count). The summed E-state index contributed by atoms with van der Waals surface area (Å²) in [6, 6.07) is 8.37. The van der Waals surface area contributed by atoms with Gasteiger partial charge in [0.05, 0.1) is 0 Å². The van der Waals surface area contributed by atoms with Crippen LogP contribution >= 0.6 is 0 Å². The van der Waals surface area contributed by atoms with Gasteiger partial charge in [-0.05, 0) is 30.9 Å². The summed E-state index contributed by atoms with van der Waals surface area (Å²) < 4.78 is 0. The van der Waals surface area contributed by atoms with Crippen molar-refractivity contribution in [2.75, 3.05) is 17.2 Å². The van der Waals surface area contributed by atoms with Crippen molar-refractivity contribution in [1.29, 1.82) is 0 Å². The molecule has 0 aliphatic rings. The Balaban J connectivity index is 2.34. The summed E-state index contributed by atoms with van der Waals surface area (Å²) in [5, 5.41) is 6.69. The van der Waals surface area contributed by atoms with Crippen LogP contribution in [0.5, 0.6) is 0 Å². The second kappa shape index (κ2) is 7.59. The molecule has 2 N–H and O–H groups in total. The zero-order valence-electron chi connectivity index (χ0n) is 13.6. The lowest BCUT2D eigenvalue weighted by atomic mass is 10.0. The number of benzene rings is 1. The van der Waals surface area contributed by atoms with Crippen molar-refractivity contribution in [3.8, 4) is 0 Å². The molecule has 0 bridgehead atoms. The molecular weight excluding hydrogens is 272 g/mol. The van der Waals surface area contributed by atoms with Gasteiger partial charge in [0.25, 0.3) is 0 Å². The Morgan fingerprint density at radius 2 is 1.73 bits per heavy atom. The summed E-state index contributed by atoms with van der Waals surface area (Å²) >= 11 is 0. The van der Waals surface area contributed by atoms with Crippen LogP contribution in [0.4, 0.5) is 17.3 Å². The molecule has 0 spiro atoms. The number of anilines is 3. The number of nitrogens with zero attached hydrogens (tertiary/aromatic N) is 2. The highest BCUT2D eigenvalue weighted by Crippen LogP contribution is 2.26. The predicted molar refractivity (Wildman–Crippen MR) is 93.9 cm³/mol. The van der Waals surface area contributed by atoms with E-state index in [-0.39, 0.29) is 0 Å². The van der Waals surface area contributed by atoms with Gasteiger partial charge >= 0.3 is 0 Å². The van der Waals surface area contributed by atoms with Crippen LogP contribution in [0, 0.1) is 6.92 Å². The molecule has 1 aromatic carbocycles. The lowest BCUT2D eigenvalue weighted by Gasteiger charge is -2.16. The molecule has 0 saturated carbocycles. The van der Waals surface area contributed by atoms with Gasteiger partial charge in [-0.1, -0.05) is 38.1 Å². The Bertz CT molecular complexity index is 627. The Hall–Kier alpha value is -2.36. The Morgan fingerprint density at radius 3 is 2.32 bits per heavy atom. The number of para-hydroxylation sites is 1. The van der Waals surface area contributed by atoms with Crippen molar-refractivity contribution in [2.45, 2.75) is 33.6 Å². The van der Waals surface area contributed by atoms with Crippen molar-refractivity contribution < 1.29 is 0 Å². The van der Waals surface area contributed by atoms with E-state index in [2.05, 4.69) is 59.2 Å². The molecule has 0 saturated heterocycles. The first kappa shape index (κ1) is 16.0. The van der Waals surface area contributed by atoms with Crippen LogP contribution in [0.25, 0.3) is 0 Å². The lowest BCUT2D eigenvalue weighted by Crippen LogP contribution is -2.06. The highest BCUT2D eigenvalue weighted by atomic mass is 15.1. The van der Waals surface area contributed by atoms with E-state index in [0.29, 0.717) is 6.54 Å². The van der Waals surface area contributed by atoms with Crippen LogP contribution in [-0.2, 0) is 12.8 Å². The van der Waals surface area contributed by atoms with E-state index in [4.69, 9.17) is 0 Å². The average molecular weight is 296 g/mol. The van der Waals surface area contributed by atoms with E-state index >= 15 is 0 Å². The maximum atomic E-state index is 4.50. The van der Waals surface area contributed by atoms with E-state index in [1.807, 2.05) is 19.1 Å². The molecule has 4 nitrogen and oxygen atoms in total. The zero-order valence-corrected chi connectivity index (χ0v) is 13.6. The zero-order chi connectivity index (χ0) is 15.9. The minimum absolute atomic E-state index is 0.682. The topological polar surface area (TPSA) is 49.8 Å². The summed E-state index contributed by atoms with van der Waals surface area (Å²) in [5.74, 6) is 2.36. The molecule has 0 aliphatic heterocycles. The first-order chi connectivity index (χ1) is 10.7. The smallest absolute Gasteiger partial charge is 0.136 e. The van der Waals surface area contributed by atoms with Crippen LogP contribution in [0.1, 0.15) is 30.8 Å². The van der Waals surface area contributed by atoms with E-state index < -0.39 is 0 Å². The van der Waals surface area contributed by atoms with Crippen LogP contribution in [0.3, 0.4) is 0 Å². The van der Waals surface area contributed by atoms with Crippen LogP contribution < -0.4 is 10.6 Å². The Kier molecular flexibility index (Phi) is 5.53. The number of hydrogen-bond acceptors (Lipinski definition) is 4. The third-order valence-corrected chi connectivity index (χ3v) is 3.52. The number of aromatic nitrogens is 2. The molecule has 0 fully saturated rings. The number of hydrogen-bond donors (Lipinski definition) is 2. The summed E-state index contributed by atoms with van der Waals surface area (Å²) in [7, 11) is 0. The second-order valence-electron chi connectivity index (χ2n) is 5.14. The first-order valence-electron chi connectivity index (χ1n) is 7.76. The highest BCUT2D eigenvalue weighted by molar-refractivity contribution is 5.66. The molecule has 1 heterocycles. The molecular formula is C18H24N4. The molecule has 0 aliphatic carbocycles. The summed E-state index contributed by atoms with van der Waals surface area (Å²) in [5.41, 5.74) is 3.77. The molecule has 0 radical (unpaired) electrons. The first-order valence-corrected chi connectivity index (χ1v) is 7.76.